The molecular weight excluding hydrogens is 415 g/mol. The first-order valence-corrected chi connectivity index (χ1v) is 8.69. The van der Waals surface area contributed by atoms with Crippen molar-refractivity contribution in [3.8, 4) is 16.9 Å². The fourth-order valence-electron chi connectivity index (χ4n) is 2.52. The number of hydrogen-bond acceptors (Lipinski definition) is 4. The molecule has 3 rings (SSSR count). The Balaban J connectivity index is 2.12. The summed E-state index contributed by atoms with van der Waals surface area (Å²) in [5.74, 6) is 0.338. The lowest BCUT2D eigenvalue weighted by atomic mass is 9.99. The minimum Gasteiger partial charge on any atom is -0.432 e. The van der Waals surface area contributed by atoms with E-state index in [9.17, 15) is 18.0 Å². The van der Waals surface area contributed by atoms with Gasteiger partial charge in [-0.1, -0.05) is 17.7 Å². The van der Waals surface area contributed by atoms with Crippen molar-refractivity contribution in [1.29, 1.82) is 0 Å². The van der Waals surface area contributed by atoms with Crippen LogP contribution in [0, 0.1) is 0 Å². The molecule has 0 amide bonds. The highest BCUT2D eigenvalue weighted by Gasteiger charge is 2.34. The van der Waals surface area contributed by atoms with Gasteiger partial charge in [0.05, 0.1) is 11.1 Å². The van der Waals surface area contributed by atoms with Gasteiger partial charge in [-0.3, -0.25) is 0 Å². The average Bonchev–Trinajstić information content (AvgIpc) is 2.60. The summed E-state index contributed by atoms with van der Waals surface area (Å²) >= 11 is 10.7. The Kier molecular flexibility index (Phi) is 5.36. The molecule has 0 saturated heterocycles. The second-order valence-corrected chi connectivity index (χ2v) is 6.88. The second kappa shape index (κ2) is 7.44. The molecule has 0 spiro atoms. The van der Waals surface area contributed by atoms with Crippen molar-refractivity contribution >= 4 is 40.0 Å². The van der Waals surface area contributed by atoms with E-state index >= 15 is 0 Å². The lowest BCUT2D eigenvalue weighted by molar-refractivity contribution is -0.137. The number of halogens is 4. The zero-order valence-electron chi connectivity index (χ0n) is 14.6. The molecule has 9 heteroatoms. The van der Waals surface area contributed by atoms with Gasteiger partial charge in [-0.15, -0.1) is 0 Å². The predicted molar refractivity (Wildman–Crippen MR) is 105 cm³/mol. The Morgan fingerprint density at radius 2 is 1.82 bits per heavy atom. The summed E-state index contributed by atoms with van der Waals surface area (Å²) < 4.78 is 50.8. The smallest absolute Gasteiger partial charge is 0.417 e. The maximum atomic E-state index is 13.4. The molecule has 0 unspecified atom stereocenters. The summed E-state index contributed by atoms with van der Waals surface area (Å²) in [4.78, 5) is 14.0. The van der Waals surface area contributed by atoms with Gasteiger partial charge in [0, 0.05) is 36.1 Å². The lowest BCUT2D eigenvalue weighted by Gasteiger charge is -2.14. The van der Waals surface area contributed by atoms with Crippen LogP contribution < -0.4 is 10.4 Å². The van der Waals surface area contributed by atoms with Crippen LogP contribution in [-0.4, -0.2) is 24.2 Å². The first-order valence-electron chi connectivity index (χ1n) is 7.90. The van der Waals surface area contributed by atoms with Gasteiger partial charge in [-0.05, 0) is 42.5 Å². The maximum absolute atomic E-state index is 13.4. The monoisotopic (exact) mass is 427 g/mol. The van der Waals surface area contributed by atoms with Crippen molar-refractivity contribution in [1.82, 2.24) is 4.90 Å². The van der Waals surface area contributed by atoms with Crippen LogP contribution in [0.3, 0.4) is 0 Å². The molecule has 3 aromatic rings. The number of alkyl halides is 3. The molecular formula is C19H13ClF3NO3S. The number of thiocarbonyl (C=S) groups is 1. The van der Waals surface area contributed by atoms with Gasteiger partial charge in [0.2, 0.25) is 0 Å². The summed E-state index contributed by atoms with van der Waals surface area (Å²) in [6.45, 7) is 0. The van der Waals surface area contributed by atoms with E-state index < -0.39 is 17.4 Å². The van der Waals surface area contributed by atoms with Gasteiger partial charge in [0.1, 0.15) is 11.3 Å². The van der Waals surface area contributed by atoms with E-state index in [0.717, 1.165) is 12.1 Å². The minimum absolute atomic E-state index is 0.0834. The zero-order chi connectivity index (χ0) is 20.6. The summed E-state index contributed by atoms with van der Waals surface area (Å²) in [6.07, 6.45) is -4.68. The molecule has 0 N–H and O–H groups in total. The standard InChI is InChI=1S/C19H13ClF3NO3S/c1-24(2)18(28)26-12-5-3-10-7-14(17(25)27-16(10)9-12)13-6-4-11(20)8-15(13)19(21,22)23/h3-9H,1-2H3. The SMILES string of the molecule is CN(C)C(=S)Oc1ccc2cc(-c3ccc(Cl)cc3C(F)(F)F)c(=O)oc2c1. The van der Waals surface area contributed by atoms with Gasteiger partial charge < -0.3 is 14.1 Å². The summed E-state index contributed by atoms with van der Waals surface area (Å²) in [5.41, 5.74) is -2.28. The lowest BCUT2D eigenvalue weighted by Crippen LogP contribution is -2.24. The Labute approximate surface area is 168 Å². The fraction of sp³-hybridized carbons (Fsp3) is 0.158. The molecule has 0 aliphatic heterocycles. The van der Waals surface area contributed by atoms with Gasteiger partial charge in [-0.2, -0.15) is 13.2 Å². The molecule has 0 radical (unpaired) electrons. The normalized spacial score (nSPS) is 11.5. The van der Waals surface area contributed by atoms with E-state index in [1.807, 2.05) is 0 Å². The summed E-state index contributed by atoms with van der Waals surface area (Å²) in [6, 6.07) is 9.15. The molecule has 0 bridgehead atoms. The van der Waals surface area contributed by atoms with Gasteiger partial charge in [0.15, 0.2) is 0 Å². The topological polar surface area (TPSA) is 42.7 Å². The van der Waals surface area contributed by atoms with Crippen LogP contribution in [0.5, 0.6) is 5.75 Å². The van der Waals surface area contributed by atoms with Crippen LogP contribution >= 0.6 is 23.8 Å². The Bertz CT molecular complexity index is 1130. The fourth-order valence-corrected chi connectivity index (χ4v) is 2.79. The largest absolute Gasteiger partial charge is 0.432 e. The minimum atomic E-state index is -4.68. The molecule has 0 aliphatic carbocycles. The van der Waals surface area contributed by atoms with Crippen molar-refractivity contribution in [3.63, 3.8) is 0 Å². The Morgan fingerprint density at radius 1 is 1.11 bits per heavy atom. The number of benzene rings is 2. The third-order valence-electron chi connectivity index (χ3n) is 3.85. The van der Waals surface area contributed by atoms with Crippen LogP contribution in [0.2, 0.25) is 5.02 Å². The van der Waals surface area contributed by atoms with Crippen LogP contribution in [-0.2, 0) is 6.18 Å². The van der Waals surface area contributed by atoms with Crippen molar-refractivity contribution in [3.05, 3.63) is 63.5 Å². The van der Waals surface area contributed by atoms with Gasteiger partial charge in [0.25, 0.3) is 5.17 Å². The second-order valence-electron chi connectivity index (χ2n) is 6.10. The number of hydrogen-bond donors (Lipinski definition) is 0. The molecule has 28 heavy (non-hydrogen) atoms. The van der Waals surface area contributed by atoms with Crippen LogP contribution in [0.25, 0.3) is 22.1 Å². The molecule has 0 fully saturated rings. The van der Waals surface area contributed by atoms with Gasteiger partial charge >= 0.3 is 11.8 Å². The predicted octanol–water partition coefficient (Wildman–Crippen LogP) is 5.36. The van der Waals surface area contributed by atoms with Crippen molar-refractivity contribution in [2.45, 2.75) is 6.18 Å². The molecule has 1 aromatic heterocycles. The number of rotatable bonds is 2. The molecule has 1 heterocycles. The first-order chi connectivity index (χ1) is 13.1. The molecule has 0 atom stereocenters. The third kappa shape index (κ3) is 4.13. The van der Waals surface area contributed by atoms with E-state index in [1.165, 1.54) is 18.2 Å². The highest BCUT2D eigenvalue weighted by atomic mass is 35.5. The maximum Gasteiger partial charge on any atom is 0.417 e. The molecule has 0 saturated carbocycles. The summed E-state index contributed by atoms with van der Waals surface area (Å²) in [5, 5.41) is 0.551. The quantitative estimate of drug-likeness (QED) is 0.407. The number of ether oxygens (including phenoxy) is 1. The van der Waals surface area contributed by atoms with E-state index in [2.05, 4.69) is 0 Å². The van der Waals surface area contributed by atoms with E-state index in [0.29, 0.717) is 11.1 Å². The molecule has 0 aliphatic rings. The van der Waals surface area contributed by atoms with Crippen LogP contribution in [0.4, 0.5) is 13.2 Å². The average molecular weight is 428 g/mol. The van der Waals surface area contributed by atoms with E-state index in [4.69, 9.17) is 33.0 Å². The molecule has 4 nitrogen and oxygen atoms in total. The van der Waals surface area contributed by atoms with E-state index in [1.54, 1.807) is 31.1 Å². The Morgan fingerprint density at radius 3 is 2.46 bits per heavy atom. The molecule has 2 aromatic carbocycles. The summed E-state index contributed by atoms with van der Waals surface area (Å²) in [7, 11) is 3.42. The van der Waals surface area contributed by atoms with Crippen molar-refractivity contribution < 1.29 is 22.3 Å². The number of nitrogens with zero attached hydrogens (tertiary/aromatic N) is 1. The van der Waals surface area contributed by atoms with Crippen LogP contribution in [0.1, 0.15) is 5.56 Å². The van der Waals surface area contributed by atoms with Crippen molar-refractivity contribution in [2.24, 2.45) is 0 Å². The van der Waals surface area contributed by atoms with Crippen molar-refractivity contribution in [2.75, 3.05) is 14.1 Å². The van der Waals surface area contributed by atoms with E-state index in [-0.39, 0.29) is 26.9 Å². The highest BCUT2D eigenvalue weighted by Crippen LogP contribution is 2.38. The van der Waals surface area contributed by atoms with Gasteiger partial charge in [-0.25, -0.2) is 4.79 Å². The third-order valence-corrected chi connectivity index (χ3v) is 4.54. The molecule has 146 valence electrons. The Hall–Kier alpha value is -2.58. The van der Waals surface area contributed by atoms with Crippen LogP contribution in [0.15, 0.2) is 51.7 Å². The highest BCUT2D eigenvalue weighted by molar-refractivity contribution is 7.80. The zero-order valence-corrected chi connectivity index (χ0v) is 16.2. The first kappa shape index (κ1) is 20.2. The number of fused-ring (bicyclic) bond motifs is 1.